The molecule has 4 nitrogen and oxygen atoms in total. The third-order valence-corrected chi connectivity index (χ3v) is 2.85. The third kappa shape index (κ3) is 3.06. The summed E-state index contributed by atoms with van der Waals surface area (Å²) in [5.74, 6) is -1.05. The molecule has 0 aliphatic carbocycles. The molecule has 86 valence electrons. The minimum absolute atomic E-state index is 0.244. The average Bonchev–Trinajstić information content (AvgIpc) is 2.22. The van der Waals surface area contributed by atoms with Gasteiger partial charge in [-0.2, -0.15) is 0 Å². The van der Waals surface area contributed by atoms with Crippen LogP contribution in [0.15, 0.2) is 28.7 Å². The molecule has 0 heterocycles. The van der Waals surface area contributed by atoms with Crippen LogP contribution in [0, 0.1) is 0 Å². The second kappa shape index (κ2) is 5.12. The topological polar surface area (TPSA) is 66.4 Å². The average molecular weight is 286 g/mol. The van der Waals surface area contributed by atoms with E-state index in [4.69, 9.17) is 5.11 Å². The summed E-state index contributed by atoms with van der Waals surface area (Å²) in [4.78, 5) is 21.4. The molecule has 16 heavy (non-hydrogen) atoms. The monoisotopic (exact) mass is 285 g/mol. The number of carboxylic acids is 1. The Morgan fingerprint density at radius 1 is 1.50 bits per heavy atom. The van der Waals surface area contributed by atoms with E-state index in [1.807, 2.05) is 24.3 Å². The van der Waals surface area contributed by atoms with Crippen LogP contribution in [0.1, 0.15) is 12.5 Å². The maximum atomic E-state index is 11.1. The highest BCUT2D eigenvalue weighted by Gasteiger charge is 2.32. The zero-order valence-electron chi connectivity index (χ0n) is 8.74. The summed E-state index contributed by atoms with van der Waals surface area (Å²) in [5, 5.41) is 11.4. The maximum Gasteiger partial charge on any atom is 0.329 e. The lowest BCUT2D eigenvalue weighted by Gasteiger charge is -2.23. The zero-order valence-corrected chi connectivity index (χ0v) is 10.3. The van der Waals surface area contributed by atoms with Crippen LogP contribution in [-0.4, -0.2) is 23.0 Å². The van der Waals surface area contributed by atoms with Crippen molar-refractivity contribution < 1.29 is 14.7 Å². The molecule has 1 aromatic carbocycles. The number of rotatable bonds is 5. The minimum atomic E-state index is -1.27. The van der Waals surface area contributed by atoms with Crippen LogP contribution in [0.5, 0.6) is 0 Å². The molecule has 0 spiro atoms. The van der Waals surface area contributed by atoms with Crippen molar-refractivity contribution in [2.24, 2.45) is 0 Å². The number of aliphatic carboxylic acids is 1. The molecule has 5 heteroatoms. The largest absolute Gasteiger partial charge is 0.480 e. The summed E-state index contributed by atoms with van der Waals surface area (Å²) >= 11 is 3.30. The van der Waals surface area contributed by atoms with Crippen LogP contribution >= 0.6 is 15.9 Å². The first-order valence-corrected chi connectivity index (χ1v) is 5.46. The van der Waals surface area contributed by atoms with Gasteiger partial charge in [-0.15, -0.1) is 0 Å². The Balaban J connectivity index is 2.87. The fourth-order valence-corrected chi connectivity index (χ4v) is 1.59. The van der Waals surface area contributed by atoms with E-state index >= 15 is 0 Å². The lowest BCUT2D eigenvalue weighted by atomic mass is 9.93. The highest BCUT2D eigenvalue weighted by atomic mass is 79.9. The summed E-state index contributed by atoms with van der Waals surface area (Å²) in [5.41, 5.74) is -0.419. The molecule has 0 radical (unpaired) electrons. The fraction of sp³-hybridized carbons (Fsp3) is 0.273. The predicted octanol–water partition coefficient (Wildman–Crippen LogP) is 1.58. The molecule has 1 atom stereocenters. The van der Waals surface area contributed by atoms with E-state index in [9.17, 15) is 9.59 Å². The number of carbonyl (C=O) groups excluding carboxylic acids is 1. The summed E-state index contributed by atoms with van der Waals surface area (Å²) < 4.78 is 0.927. The van der Waals surface area contributed by atoms with Crippen LogP contribution in [0.25, 0.3) is 0 Å². The molecular formula is C11H12BrNO3. The van der Waals surface area contributed by atoms with Gasteiger partial charge in [0, 0.05) is 10.9 Å². The van der Waals surface area contributed by atoms with Crippen molar-refractivity contribution in [3.8, 4) is 0 Å². The first-order chi connectivity index (χ1) is 7.48. The molecule has 0 bridgehead atoms. The van der Waals surface area contributed by atoms with Crippen LogP contribution in [0.2, 0.25) is 0 Å². The molecule has 1 amide bonds. The van der Waals surface area contributed by atoms with Crippen molar-refractivity contribution in [3.05, 3.63) is 34.3 Å². The molecule has 1 aromatic rings. The lowest BCUT2D eigenvalue weighted by Crippen LogP contribution is -2.50. The van der Waals surface area contributed by atoms with Crippen molar-refractivity contribution in [1.29, 1.82) is 0 Å². The van der Waals surface area contributed by atoms with Crippen LogP contribution < -0.4 is 5.32 Å². The van der Waals surface area contributed by atoms with Gasteiger partial charge in [-0.3, -0.25) is 4.79 Å². The van der Waals surface area contributed by atoms with E-state index in [1.165, 1.54) is 6.92 Å². The Morgan fingerprint density at radius 2 is 2.06 bits per heavy atom. The molecular weight excluding hydrogens is 274 g/mol. The number of carboxylic acid groups (broad SMARTS) is 1. The van der Waals surface area contributed by atoms with Crippen LogP contribution in [-0.2, 0) is 16.0 Å². The van der Waals surface area contributed by atoms with Crippen molar-refractivity contribution >= 4 is 28.3 Å². The molecule has 2 N–H and O–H groups in total. The van der Waals surface area contributed by atoms with Gasteiger partial charge in [-0.25, -0.2) is 4.79 Å². The Kier molecular flexibility index (Phi) is 4.06. The number of hydrogen-bond acceptors (Lipinski definition) is 2. The Bertz CT molecular complexity index is 391. The molecule has 1 unspecified atom stereocenters. The summed E-state index contributed by atoms with van der Waals surface area (Å²) in [6.07, 6.45) is 0.654. The Labute approximate surface area is 102 Å². The normalized spacial score (nSPS) is 13.9. The number of nitrogens with one attached hydrogen (secondary N) is 1. The van der Waals surface area contributed by atoms with Crippen LogP contribution in [0.4, 0.5) is 0 Å². The van der Waals surface area contributed by atoms with E-state index in [2.05, 4.69) is 21.2 Å². The second-order valence-corrected chi connectivity index (χ2v) is 4.62. The molecule has 0 saturated heterocycles. The number of halogens is 1. The van der Waals surface area contributed by atoms with Crippen molar-refractivity contribution in [1.82, 2.24) is 5.32 Å². The maximum absolute atomic E-state index is 11.1. The summed E-state index contributed by atoms with van der Waals surface area (Å²) in [7, 11) is 0. The quantitative estimate of drug-likeness (QED) is 0.808. The highest BCUT2D eigenvalue weighted by molar-refractivity contribution is 9.10. The highest BCUT2D eigenvalue weighted by Crippen LogP contribution is 2.16. The van der Waals surface area contributed by atoms with Gasteiger partial charge in [0.05, 0.1) is 0 Å². The first kappa shape index (κ1) is 12.7. The Morgan fingerprint density at radius 3 is 2.50 bits per heavy atom. The lowest BCUT2D eigenvalue weighted by molar-refractivity contribution is -0.145. The minimum Gasteiger partial charge on any atom is -0.480 e. The number of carbonyl (C=O) groups is 2. The molecule has 0 aliphatic rings. The Hall–Kier alpha value is -1.36. The number of benzene rings is 1. The first-order valence-electron chi connectivity index (χ1n) is 4.67. The zero-order chi connectivity index (χ0) is 12.2. The van der Waals surface area contributed by atoms with Gasteiger partial charge in [0.15, 0.2) is 0 Å². The molecule has 0 saturated carbocycles. The van der Waals surface area contributed by atoms with Gasteiger partial charge in [-0.05, 0) is 24.6 Å². The number of hydrogen-bond donors (Lipinski definition) is 2. The molecule has 0 aliphatic heterocycles. The SMILES string of the molecule is CC(Cc1ccc(Br)cc1)(NC=O)C(=O)O. The van der Waals surface area contributed by atoms with Crippen molar-refractivity contribution in [2.75, 3.05) is 0 Å². The van der Waals surface area contributed by atoms with Crippen molar-refractivity contribution in [3.63, 3.8) is 0 Å². The summed E-state index contributed by atoms with van der Waals surface area (Å²) in [6, 6.07) is 7.30. The predicted molar refractivity (Wildman–Crippen MR) is 63.1 cm³/mol. The van der Waals surface area contributed by atoms with Crippen molar-refractivity contribution in [2.45, 2.75) is 18.9 Å². The van der Waals surface area contributed by atoms with Gasteiger partial charge >= 0.3 is 5.97 Å². The fourth-order valence-electron chi connectivity index (χ4n) is 1.33. The van der Waals surface area contributed by atoms with Gasteiger partial charge in [0.2, 0.25) is 6.41 Å². The smallest absolute Gasteiger partial charge is 0.329 e. The molecule has 1 rings (SSSR count). The van der Waals surface area contributed by atoms with E-state index in [0.29, 0.717) is 6.41 Å². The van der Waals surface area contributed by atoms with E-state index in [1.54, 1.807) is 0 Å². The molecule has 0 fully saturated rings. The van der Waals surface area contributed by atoms with Gasteiger partial charge in [-0.1, -0.05) is 28.1 Å². The van der Waals surface area contributed by atoms with Gasteiger partial charge < -0.3 is 10.4 Å². The number of amides is 1. The summed E-state index contributed by atoms with van der Waals surface area (Å²) in [6.45, 7) is 1.48. The van der Waals surface area contributed by atoms with Gasteiger partial charge in [0.25, 0.3) is 0 Å². The van der Waals surface area contributed by atoms with E-state index in [0.717, 1.165) is 10.0 Å². The van der Waals surface area contributed by atoms with Crippen LogP contribution in [0.3, 0.4) is 0 Å². The van der Waals surface area contributed by atoms with Gasteiger partial charge in [0.1, 0.15) is 5.54 Å². The third-order valence-electron chi connectivity index (χ3n) is 2.32. The second-order valence-electron chi connectivity index (χ2n) is 3.70. The standard InChI is InChI=1S/C11H12BrNO3/c1-11(10(15)16,13-7-14)6-8-2-4-9(12)5-3-8/h2-5,7H,6H2,1H3,(H,13,14)(H,15,16). The molecule has 0 aromatic heterocycles. The van der Waals surface area contributed by atoms with E-state index in [-0.39, 0.29) is 6.42 Å². The van der Waals surface area contributed by atoms with E-state index < -0.39 is 11.5 Å².